The summed E-state index contributed by atoms with van der Waals surface area (Å²) < 4.78 is 5.17. The molecule has 92 valence electrons. The molecule has 2 rings (SSSR count). The lowest BCUT2D eigenvalue weighted by molar-refractivity contribution is -0.139. The summed E-state index contributed by atoms with van der Waals surface area (Å²) in [7, 11) is 0. The molecule has 0 saturated heterocycles. The Morgan fingerprint density at radius 1 is 1.47 bits per heavy atom. The van der Waals surface area contributed by atoms with E-state index in [2.05, 4.69) is 0 Å². The molecule has 0 amide bonds. The van der Waals surface area contributed by atoms with E-state index in [0.29, 0.717) is 18.2 Å². The van der Waals surface area contributed by atoms with Crippen LogP contribution in [-0.2, 0) is 17.6 Å². The standard InChI is InChI=1S/C13H17NO3/c14-7-9-1-2-10-3-4-12(6-11(10)5-9)17-8-13(15)16/h3-4,6,9H,1-2,5,7-8,14H2,(H,15,16)/t9-/m1/s1. The highest BCUT2D eigenvalue weighted by Gasteiger charge is 2.17. The summed E-state index contributed by atoms with van der Waals surface area (Å²) in [5.41, 5.74) is 8.26. The zero-order chi connectivity index (χ0) is 12.3. The lowest BCUT2D eigenvalue weighted by atomic mass is 9.84. The van der Waals surface area contributed by atoms with Gasteiger partial charge in [-0.05, 0) is 55.0 Å². The Balaban J connectivity index is 2.09. The first-order valence-corrected chi connectivity index (χ1v) is 5.85. The molecule has 0 radical (unpaired) electrons. The van der Waals surface area contributed by atoms with E-state index in [9.17, 15) is 4.79 Å². The fraction of sp³-hybridized carbons (Fsp3) is 0.462. The number of carboxylic acids is 1. The van der Waals surface area contributed by atoms with Gasteiger partial charge in [-0.3, -0.25) is 0 Å². The molecule has 4 heteroatoms. The number of aliphatic carboxylic acids is 1. The Kier molecular flexibility index (Phi) is 3.64. The molecule has 0 fully saturated rings. The minimum absolute atomic E-state index is 0.293. The molecule has 0 heterocycles. The number of ether oxygens (including phenoxy) is 1. The Morgan fingerprint density at radius 3 is 3.00 bits per heavy atom. The zero-order valence-corrected chi connectivity index (χ0v) is 9.69. The number of fused-ring (bicyclic) bond motifs is 1. The van der Waals surface area contributed by atoms with Crippen molar-refractivity contribution in [2.75, 3.05) is 13.2 Å². The SMILES string of the molecule is NC[C@@H]1CCc2ccc(OCC(=O)O)cc2C1. The van der Waals surface area contributed by atoms with E-state index in [1.165, 1.54) is 11.1 Å². The maximum Gasteiger partial charge on any atom is 0.341 e. The van der Waals surface area contributed by atoms with Crippen LogP contribution in [0.25, 0.3) is 0 Å². The topological polar surface area (TPSA) is 72.5 Å². The number of aryl methyl sites for hydroxylation is 1. The molecule has 0 saturated carbocycles. The van der Waals surface area contributed by atoms with Crippen LogP contribution in [0.15, 0.2) is 18.2 Å². The summed E-state index contributed by atoms with van der Waals surface area (Å²) in [6, 6.07) is 5.81. The Bertz CT molecular complexity index is 417. The molecule has 1 aromatic carbocycles. The van der Waals surface area contributed by atoms with Crippen molar-refractivity contribution in [2.45, 2.75) is 19.3 Å². The second-order valence-corrected chi connectivity index (χ2v) is 4.46. The van der Waals surface area contributed by atoms with Crippen molar-refractivity contribution in [2.24, 2.45) is 11.7 Å². The van der Waals surface area contributed by atoms with Gasteiger partial charge in [0, 0.05) is 0 Å². The Hall–Kier alpha value is -1.55. The fourth-order valence-corrected chi connectivity index (χ4v) is 2.24. The monoisotopic (exact) mass is 235 g/mol. The second-order valence-electron chi connectivity index (χ2n) is 4.46. The summed E-state index contributed by atoms with van der Waals surface area (Å²) in [6.45, 7) is 0.415. The maximum absolute atomic E-state index is 10.4. The van der Waals surface area contributed by atoms with Crippen LogP contribution < -0.4 is 10.5 Å². The van der Waals surface area contributed by atoms with Crippen LogP contribution in [0.3, 0.4) is 0 Å². The summed E-state index contributed by atoms with van der Waals surface area (Å²) in [5.74, 6) is 0.212. The molecule has 0 unspecified atom stereocenters. The van der Waals surface area contributed by atoms with E-state index >= 15 is 0 Å². The third kappa shape index (κ3) is 2.97. The van der Waals surface area contributed by atoms with Gasteiger partial charge in [0.15, 0.2) is 6.61 Å². The highest BCUT2D eigenvalue weighted by Crippen LogP contribution is 2.28. The molecule has 0 bridgehead atoms. The van der Waals surface area contributed by atoms with Gasteiger partial charge in [0.1, 0.15) is 5.75 Å². The molecule has 1 atom stereocenters. The van der Waals surface area contributed by atoms with Crippen LogP contribution in [0.5, 0.6) is 5.75 Å². The van der Waals surface area contributed by atoms with Crippen molar-refractivity contribution in [3.05, 3.63) is 29.3 Å². The van der Waals surface area contributed by atoms with E-state index < -0.39 is 5.97 Å². The number of benzene rings is 1. The quantitative estimate of drug-likeness (QED) is 0.822. The van der Waals surface area contributed by atoms with Crippen molar-refractivity contribution < 1.29 is 14.6 Å². The van der Waals surface area contributed by atoms with Gasteiger partial charge in [-0.1, -0.05) is 6.07 Å². The number of carboxylic acid groups (broad SMARTS) is 1. The summed E-state index contributed by atoms with van der Waals surface area (Å²) >= 11 is 0. The molecule has 1 aliphatic rings. The molecule has 4 nitrogen and oxygen atoms in total. The minimum atomic E-state index is -0.956. The summed E-state index contributed by atoms with van der Waals surface area (Å²) in [4.78, 5) is 10.4. The predicted molar refractivity (Wildman–Crippen MR) is 64.1 cm³/mol. The van der Waals surface area contributed by atoms with E-state index in [0.717, 1.165) is 19.3 Å². The van der Waals surface area contributed by atoms with Crippen molar-refractivity contribution >= 4 is 5.97 Å². The van der Waals surface area contributed by atoms with Gasteiger partial charge in [-0.15, -0.1) is 0 Å². The summed E-state index contributed by atoms with van der Waals surface area (Å²) in [6.07, 6.45) is 3.16. The normalized spacial score (nSPS) is 18.5. The number of nitrogens with two attached hydrogens (primary N) is 1. The first kappa shape index (κ1) is 11.9. The van der Waals surface area contributed by atoms with Crippen LogP contribution in [0.2, 0.25) is 0 Å². The minimum Gasteiger partial charge on any atom is -0.482 e. The van der Waals surface area contributed by atoms with E-state index in [1.54, 1.807) is 0 Å². The third-order valence-electron chi connectivity index (χ3n) is 3.20. The van der Waals surface area contributed by atoms with Crippen LogP contribution in [0.4, 0.5) is 0 Å². The maximum atomic E-state index is 10.4. The van der Waals surface area contributed by atoms with Gasteiger partial charge in [0.25, 0.3) is 0 Å². The molecular weight excluding hydrogens is 218 g/mol. The highest BCUT2D eigenvalue weighted by molar-refractivity contribution is 5.68. The number of rotatable bonds is 4. The van der Waals surface area contributed by atoms with E-state index in [-0.39, 0.29) is 6.61 Å². The van der Waals surface area contributed by atoms with Gasteiger partial charge in [-0.25, -0.2) is 4.79 Å². The predicted octanol–water partition coefficient (Wildman–Crippen LogP) is 1.21. The molecule has 1 aliphatic carbocycles. The molecule has 3 N–H and O–H groups in total. The van der Waals surface area contributed by atoms with Crippen LogP contribution in [0.1, 0.15) is 17.5 Å². The van der Waals surface area contributed by atoms with Gasteiger partial charge in [0.2, 0.25) is 0 Å². The highest BCUT2D eigenvalue weighted by atomic mass is 16.5. The van der Waals surface area contributed by atoms with Crippen LogP contribution in [-0.4, -0.2) is 24.2 Å². The van der Waals surface area contributed by atoms with Gasteiger partial charge in [0.05, 0.1) is 0 Å². The lowest BCUT2D eigenvalue weighted by Crippen LogP contribution is -2.22. The zero-order valence-electron chi connectivity index (χ0n) is 9.69. The number of hydrogen-bond donors (Lipinski definition) is 2. The number of carbonyl (C=O) groups is 1. The largest absolute Gasteiger partial charge is 0.482 e. The second kappa shape index (κ2) is 5.19. The molecular formula is C13H17NO3. The van der Waals surface area contributed by atoms with Crippen molar-refractivity contribution in [3.63, 3.8) is 0 Å². The van der Waals surface area contributed by atoms with Gasteiger partial charge in [-0.2, -0.15) is 0 Å². The number of hydrogen-bond acceptors (Lipinski definition) is 3. The summed E-state index contributed by atoms with van der Waals surface area (Å²) in [5, 5.41) is 8.55. The molecule has 1 aromatic rings. The lowest BCUT2D eigenvalue weighted by Gasteiger charge is -2.23. The van der Waals surface area contributed by atoms with Crippen molar-refractivity contribution in [3.8, 4) is 5.75 Å². The third-order valence-corrected chi connectivity index (χ3v) is 3.20. The van der Waals surface area contributed by atoms with Crippen LogP contribution >= 0.6 is 0 Å². The Labute approximate surface area is 100 Å². The van der Waals surface area contributed by atoms with E-state index in [4.69, 9.17) is 15.6 Å². The van der Waals surface area contributed by atoms with Crippen LogP contribution in [0, 0.1) is 5.92 Å². The van der Waals surface area contributed by atoms with Gasteiger partial charge >= 0.3 is 5.97 Å². The van der Waals surface area contributed by atoms with Crippen molar-refractivity contribution in [1.29, 1.82) is 0 Å². The van der Waals surface area contributed by atoms with Crippen molar-refractivity contribution in [1.82, 2.24) is 0 Å². The smallest absolute Gasteiger partial charge is 0.341 e. The molecule has 0 aromatic heterocycles. The van der Waals surface area contributed by atoms with Gasteiger partial charge < -0.3 is 15.6 Å². The molecule has 0 aliphatic heterocycles. The average molecular weight is 235 g/mol. The first-order chi connectivity index (χ1) is 8.19. The molecule has 0 spiro atoms. The average Bonchev–Trinajstić information content (AvgIpc) is 2.35. The van der Waals surface area contributed by atoms with E-state index in [1.807, 2.05) is 18.2 Å². The molecule has 17 heavy (non-hydrogen) atoms. The fourth-order valence-electron chi connectivity index (χ4n) is 2.24. The Morgan fingerprint density at radius 2 is 2.29 bits per heavy atom. The first-order valence-electron chi connectivity index (χ1n) is 5.85.